The van der Waals surface area contributed by atoms with Gasteiger partial charge in [0.2, 0.25) is 0 Å². The van der Waals surface area contributed by atoms with Crippen LogP contribution < -0.4 is 0 Å². The Bertz CT molecular complexity index is 893. The fourth-order valence-corrected chi connectivity index (χ4v) is 6.83. The number of hydrogen-bond donors (Lipinski definition) is 2. The van der Waals surface area contributed by atoms with Gasteiger partial charge < -0.3 is 10.2 Å². The molecule has 2 fully saturated rings. The number of carbonyl (C=O) groups excluding carboxylic acids is 3. The van der Waals surface area contributed by atoms with Gasteiger partial charge in [-0.2, -0.15) is 0 Å². The summed E-state index contributed by atoms with van der Waals surface area (Å²) in [6.45, 7) is 15.1. The maximum absolute atomic E-state index is 14.1. The van der Waals surface area contributed by atoms with Crippen LogP contribution in [0, 0.1) is 34.0 Å². The number of allylic oxidation sites excluding steroid dienone is 4. The molecule has 3 aliphatic rings. The van der Waals surface area contributed by atoms with Gasteiger partial charge in [-0.25, -0.2) is 0 Å². The van der Waals surface area contributed by atoms with E-state index in [-0.39, 0.29) is 59.9 Å². The first kappa shape index (κ1) is 23.9. The van der Waals surface area contributed by atoms with Crippen molar-refractivity contribution in [3.63, 3.8) is 0 Å². The van der Waals surface area contributed by atoms with E-state index in [0.717, 1.165) is 5.57 Å². The second-order valence-corrected chi connectivity index (χ2v) is 11.9. The quantitative estimate of drug-likeness (QED) is 0.361. The Morgan fingerprint density at radius 1 is 1.19 bits per heavy atom. The van der Waals surface area contributed by atoms with Crippen LogP contribution in [0.4, 0.5) is 0 Å². The molecule has 0 heterocycles. The minimum atomic E-state index is -1.35. The molecule has 0 saturated heterocycles. The molecule has 0 aliphatic heterocycles. The van der Waals surface area contributed by atoms with Crippen LogP contribution in [0.25, 0.3) is 0 Å². The van der Waals surface area contributed by atoms with Crippen LogP contribution in [-0.4, -0.2) is 33.2 Å². The molecule has 31 heavy (non-hydrogen) atoms. The summed E-state index contributed by atoms with van der Waals surface area (Å²) < 4.78 is 0. The Labute approximate surface area is 186 Å². The van der Waals surface area contributed by atoms with Crippen molar-refractivity contribution in [2.45, 2.75) is 86.7 Å². The summed E-state index contributed by atoms with van der Waals surface area (Å²) >= 11 is 0. The van der Waals surface area contributed by atoms with Crippen molar-refractivity contribution in [3.05, 3.63) is 23.0 Å². The van der Waals surface area contributed by atoms with Crippen LogP contribution >= 0.6 is 0 Å². The summed E-state index contributed by atoms with van der Waals surface area (Å²) in [7, 11) is 0. The number of ketones is 3. The molecule has 0 aromatic rings. The van der Waals surface area contributed by atoms with Crippen molar-refractivity contribution in [2.75, 3.05) is 0 Å². The maximum Gasteiger partial charge on any atom is 0.183 e. The topological polar surface area (TPSA) is 91.7 Å². The van der Waals surface area contributed by atoms with Gasteiger partial charge in [-0.05, 0) is 70.1 Å². The number of aliphatic hydroxyl groups excluding tert-OH is 1. The Morgan fingerprint density at radius 3 is 2.26 bits per heavy atom. The highest BCUT2D eigenvalue weighted by atomic mass is 16.3. The van der Waals surface area contributed by atoms with Crippen molar-refractivity contribution in [2.24, 2.45) is 34.0 Å². The summed E-state index contributed by atoms with van der Waals surface area (Å²) in [5.41, 5.74) is -3.31. The zero-order chi connectivity index (χ0) is 23.7. The minimum absolute atomic E-state index is 0.0297. The molecule has 2 bridgehead atoms. The highest BCUT2D eigenvalue weighted by Gasteiger charge is 2.78. The second kappa shape index (κ2) is 7.13. The average molecular weight is 431 g/mol. The van der Waals surface area contributed by atoms with Gasteiger partial charge in [0.15, 0.2) is 17.3 Å². The Balaban J connectivity index is 2.27. The van der Waals surface area contributed by atoms with Gasteiger partial charge in [0.25, 0.3) is 0 Å². The monoisotopic (exact) mass is 430 g/mol. The summed E-state index contributed by atoms with van der Waals surface area (Å²) in [4.78, 5) is 41.1. The standard InChI is InChI=1S/C26H38O5/c1-14(2)9-10-25-12-18-23(5,6)17(24(7,8)31)13-26(18,22(25)30)21(29)19(20(25)28)16(27)11-15(3)4/h9,15,17-18,28,31H,10-13H2,1-8H3/t17?,18-,25?,26+/m0/s1. The summed E-state index contributed by atoms with van der Waals surface area (Å²) in [5.74, 6) is -2.06. The van der Waals surface area contributed by atoms with Gasteiger partial charge in [0.1, 0.15) is 11.3 Å². The number of carbonyl (C=O) groups is 3. The molecule has 2 unspecified atom stereocenters. The zero-order valence-corrected chi connectivity index (χ0v) is 20.3. The molecule has 3 aliphatic carbocycles. The van der Waals surface area contributed by atoms with Gasteiger partial charge in [-0.1, -0.05) is 39.3 Å². The van der Waals surface area contributed by atoms with E-state index >= 15 is 0 Å². The third-order valence-electron chi connectivity index (χ3n) is 8.22. The van der Waals surface area contributed by atoms with E-state index in [1.54, 1.807) is 13.8 Å². The van der Waals surface area contributed by atoms with Crippen molar-refractivity contribution < 1.29 is 24.6 Å². The first-order chi connectivity index (χ1) is 14.0. The predicted molar refractivity (Wildman–Crippen MR) is 119 cm³/mol. The lowest BCUT2D eigenvalue weighted by molar-refractivity contribution is -0.145. The molecule has 1 spiro atoms. The first-order valence-electron chi connectivity index (χ1n) is 11.5. The van der Waals surface area contributed by atoms with E-state index < -0.39 is 27.6 Å². The molecule has 2 N–H and O–H groups in total. The predicted octanol–water partition coefficient (Wildman–Crippen LogP) is 4.73. The fourth-order valence-electron chi connectivity index (χ4n) is 6.83. The van der Waals surface area contributed by atoms with E-state index in [9.17, 15) is 24.6 Å². The Kier molecular flexibility index (Phi) is 5.50. The largest absolute Gasteiger partial charge is 0.510 e. The van der Waals surface area contributed by atoms with Crippen LogP contribution in [0.3, 0.4) is 0 Å². The molecular weight excluding hydrogens is 392 g/mol. The number of rotatable bonds is 6. The maximum atomic E-state index is 14.1. The van der Waals surface area contributed by atoms with E-state index in [0.29, 0.717) is 6.42 Å². The highest BCUT2D eigenvalue weighted by Crippen LogP contribution is 2.73. The van der Waals surface area contributed by atoms with Crippen LogP contribution in [0.15, 0.2) is 23.0 Å². The lowest BCUT2D eigenvalue weighted by atomic mass is 9.62. The van der Waals surface area contributed by atoms with Gasteiger partial charge >= 0.3 is 0 Å². The van der Waals surface area contributed by atoms with Crippen molar-refractivity contribution in [3.8, 4) is 0 Å². The smallest absolute Gasteiger partial charge is 0.183 e. The molecule has 0 amide bonds. The SMILES string of the molecule is CC(C)=CCC12C[C@H]3C(C)(C)C(C(C)(C)O)C[C@@]3(C(=O)C(C(=O)CC(C)C)=C1O)C2=O. The third kappa shape index (κ3) is 3.18. The highest BCUT2D eigenvalue weighted by molar-refractivity contribution is 6.32. The van der Waals surface area contributed by atoms with Crippen LogP contribution in [0.2, 0.25) is 0 Å². The van der Waals surface area contributed by atoms with E-state index in [1.807, 2.05) is 47.6 Å². The minimum Gasteiger partial charge on any atom is -0.510 e. The van der Waals surface area contributed by atoms with E-state index in [4.69, 9.17) is 0 Å². The lowest BCUT2D eigenvalue weighted by Crippen LogP contribution is -2.50. The summed E-state index contributed by atoms with van der Waals surface area (Å²) in [5, 5.41) is 22.2. The molecule has 5 heteroatoms. The molecule has 5 nitrogen and oxygen atoms in total. The summed E-state index contributed by atoms with van der Waals surface area (Å²) in [6, 6.07) is 0. The number of hydrogen-bond acceptors (Lipinski definition) is 5. The average Bonchev–Trinajstić information content (AvgIpc) is 2.97. The third-order valence-corrected chi connectivity index (χ3v) is 8.22. The number of fused-ring (bicyclic) bond motifs is 1. The van der Waals surface area contributed by atoms with Gasteiger partial charge in [0, 0.05) is 6.42 Å². The molecule has 0 radical (unpaired) electrons. The molecule has 0 aromatic carbocycles. The first-order valence-corrected chi connectivity index (χ1v) is 11.5. The van der Waals surface area contributed by atoms with Crippen molar-refractivity contribution >= 4 is 17.3 Å². The number of aliphatic hydroxyl groups is 2. The van der Waals surface area contributed by atoms with Crippen molar-refractivity contribution in [1.82, 2.24) is 0 Å². The zero-order valence-electron chi connectivity index (χ0n) is 20.3. The fraction of sp³-hybridized carbons (Fsp3) is 0.731. The molecule has 2 saturated carbocycles. The van der Waals surface area contributed by atoms with Crippen molar-refractivity contribution in [1.29, 1.82) is 0 Å². The molecule has 4 atom stereocenters. The van der Waals surface area contributed by atoms with Crippen LogP contribution in [-0.2, 0) is 14.4 Å². The van der Waals surface area contributed by atoms with E-state index in [2.05, 4.69) is 0 Å². The molecule has 0 aromatic heterocycles. The Hall–Kier alpha value is -1.75. The van der Waals surface area contributed by atoms with Crippen LogP contribution in [0.1, 0.15) is 81.1 Å². The number of Topliss-reactive ketones (excluding diaryl/α,β-unsaturated/α-hetero) is 3. The normalized spacial score (nSPS) is 34.4. The van der Waals surface area contributed by atoms with Gasteiger partial charge in [0.05, 0.1) is 16.4 Å². The van der Waals surface area contributed by atoms with Gasteiger partial charge in [-0.3, -0.25) is 14.4 Å². The molecule has 3 rings (SSSR count). The summed E-state index contributed by atoms with van der Waals surface area (Å²) in [6.07, 6.45) is 2.90. The molecular formula is C26H38O5. The lowest BCUT2D eigenvalue weighted by Gasteiger charge is -2.41. The second-order valence-electron chi connectivity index (χ2n) is 11.9. The molecule has 172 valence electrons. The van der Waals surface area contributed by atoms with Crippen LogP contribution in [0.5, 0.6) is 0 Å². The van der Waals surface area contributed by atoms with Gasteiger partial charge in [-0.15, -0.1) is 0 Å². The Morgan fingerprint density at radius 2 is 1.77 bits per heavy atom. The van der Waals surface area contributed by atoms with E-state index in [1.165, 1.54) is 0 Å².